The van der Waals surface area contributed by atoms with E-state index in [1.165, 1.54) is 31.2 Å². The summed E-state index contributed by atoms with van der Waals surface area (Å²) < 4.78 is 0. The van der Waals surface area contributed by atoms with Crippen molar-refractivity contribution in [3.63, 3.8) is 0 Å². The zero-order chi connectivity index (χ0) is 31.7. The van der Waals surface area contributed by atoms with Crippen molar-refractivity contribution < 1.29 is 39.3 Å². The van der Waals surface area contributed by atoms with Crippen molar-refractivity contribution in [1.29, 1.82) is 0 Å². The summed E-state index contributed by atoms with van der Waals surface area (Å²) in [5.41, 5.74) is 13.0. The molecule has 0 aliphatic rings. The molecule has 3 rings (SSSR count). The Hall–Kier alpha value is -4.95. The molecule has 0 aliphatic heterocycles. The number of H-pyrrole nitrogens is 1. The number of carbonyl (C=O) groups is 5. The van der Waals surface area contributed by atoms with E-state index in [1.807, 2.05) is 18.2 Å². The highest BCUT2D eigenvalue weighted by Crippen LogP contribution is 2.19. The number of aliphatic hydroxyl groups excluding tert-OH is 1. The lowest BCUT2D eigenvalue weighted by atomic mass is 10.0. The Morgan fingerprint density at radius 3 is 2.16 bits per heavy atom. The van der Waals surface area contributed by atoms with Gasteiger partial charge in [-0.25, -0.2) is 4.79 Å². The number of aromatic amines is 1. The third-order valence-electron chi connectivity index (χ3n) is 6.82. The van der Waals surface area contributed by atoms with Crippen molar-refractivity contribution in [3.8, 4) is 5.75 Å². The summed E-state index contributed by atoms with van der Waals surface area (Å²) in [6.45, 7) is 1.24. The second kappa shape index (κ2) is 14.8. The van der Waals surface area contributed by atoms with E-state index in [2.05, 4.69) is 20.9 Å². The Bertz CT molecular complexity index is 1450. The number of phenolic OH excluding ortho intramolecular Hbond substituents is 1. The maximum atomic E-state index is 13.5. The number of rotatable bonds is 15. The molecule has 43 heavy (non-hydrogen) atoms. The average Bonchev–Trinajstić information content (AvgIpc) is 3.37. The van der Waals surface area contributed by atoms with Crippen LogP contribution < -0.4 is 27.4 Å². The Balaban J connectivity index is 1.79. The fourth-order valence-corrected chi connectivity index (χ4v) is 4.43. The Labute approximate surface area is 246 Å². The summed E-state index contributed by atoms with van der Waals surface area (Å²) in [5, 5.41) is 37.6. The molecule has 1 aromatic heterocycles. The van der Waals surface area contributed by atoms with Crippen LogP contribution in [0.25, 0.3) is 10.9 Å². The molecule has 3 aromatic rings. The van der Waals surface area contributed by atoms with E-state index in [-0.39, 0.29) is 31.4 Å². The van der Waals surface area contributed by atoms with Crippen LogP contribution in [0.3, 0.4) is 0 Å². The summed E-state index contributed by atoms with van der Waals surface area (Å²) in [4.78, 5) is 65.6. The number of aromatic hydroxyl groups is 1. The van der Waals surface area contributed by atoms with Gasteiger partial charge in [0.1, 0.15) is 23.9 Å². The van der Waals surface area contributed by atoms with Crippen LogP contribution in [-0.4, -0.2) is 80.2 Å². The van der Waals surface area contributed by atoms with Gasteiger partial charge in [0.05, 0.1) is 12.1 Å². The van der Waals surface area contributed by atoms with Crippen LogP contribution in [0.4, 0.5) is 0 Å². The van der Waals surface area contributed by atoms with Crippen molar-refractivity contribution in [2.24, 2.45) is 11.5 Å². The lowest BCUT2D eigenvalue weighted by Crippen LogP contribution is -2.60. The number of nitrogens with two attached hydrogens (primary N) is 2. The van der Waals surface area contributed by atoms with E-state index < -0.39 is 59.9 Å². The number of benzene rings is 2. The number of aliphatic hydroxyl groups is 1. The van der Waals surface area contributed by atoms with E-state index in [0.717, 1.165) is 10.9 Å². The van der Waals surface area contributed by atoms with E-state index in [9.17, 15) is 39.3 Å². The SMILES string of the molecule is CC(O)C(NC(=O)C(Cc1c[nH]c2ccccc12)NC(=O)C(N)CCC(N)=O)C(=O)NC(Cc1ccc(O)cc1)C(=O)O. The minimum atomic E-state index is -1.58. The van der Waals surface area contributed by atoms with Crippen LogP contribution in [0, 0.1) is 0 Å². The number of aliphatic carboxylic acids is 1. The van der Waals surface area contributed by atoms with Crippen molar-refractivity contribution in [2.45, 2.75) is 62.9 Å². The van der Waals surface area contributed by atoms with Gasteiger partial charge in [-0.05, 0) is 42.7 Å². The first kappa shape index (κ1) is 32.6. The van der Waals surface area contributed by atoms with Crippen LogP contribution in [0.2, 0.25) is 0 Å². The van der Waals surface area contributed by atoms with Crippen molar-refractivity contribution in [1.82, 2.24) is 20.9 Å². The molecule has 0 aliphatic carbocycles. The molecule has 11 N–H and O–H groups in total. The lowest BCUT2D eigenvalue weighted by Gasteiger charge is -2.26. The first-order chi connectivity index (χ1) is 20.3. The fraction of sp³-hybridized carbons (Fsp3) is 0.345. The van der Waals surface area contributed by atoms with E-state index in [1.54, 1.807) is 12.3 Å². The molecule has 1 heterocycles. The number of carboxylic acids is 1. The standard InChI is InChI=1S/C29H36N6O8/c1-15(36)25(28(41)34-23(29(42)43)12-16-6-8-18(37)9-7-16)35-27(40)22(33-26(39)20(30)10-11-24(31)38)13-17-14-32-21-5-3-2-4-19(17)21/h2-9,14-15,20,22-23,25,32,36-37H,10-13,30H2,1H3,(H2,31,38)(H,33,39)(H,34,41)(H,35,40)(H,42,43). The second-order valence-electron chi connectivity index (χ2n) is 10.2. The van der Waals surface area contributed by atoms with E-state index >= 15 is 0 Å². The lowest BCUT2D eigenvalue weighted by molar-refractivity contribution is -0.143. The number of primary amides is 1. The molecule has 2 aromatic carbocycles. The molecule has 14 heteroatoms. The van der Waals surface area contributed by atoms with Gasteiger partial charge in [-0.15, -0.1) is 0 Å². The zero-order valence-corrected chi connectivity index (χ0v) is 23.4. The number of fused-ring (bicyclic) bond motifs is 1. The highest BCUT2D eigenvalue weighted by molar-refractivity contribution is 5.95. The fourth-order valence-electron chi connectivity index (χ4n) is 4.43. The molecule has 4 amide bonds. The van der Waals surface area contributed by atoms with Crippen LogP contribution in [0.15, 0.2) is 54.7 Å². The Kier molecular flexibility index (Phi) is 11.2. The van der Waals surface area contributed by atoms with Crippen molar-refractivity contribution >= 4 is 40.5 Å². The van der Waals surface area contributed by atoms with Gasteiger partial charge < -0.3 is 47.7 Å². The van der Waals surface area contributed by atoms with Gasteiger partial charge in [0.25, 0.3) is 0 Å². The number of para-hydroxylation sites is 1. The molecule has 0 radical (unpaired) electrons. The van der Waals surface area contributed by atoms with Gasteiger partial charge in [0.2, 0.25) is 23.6 Å². The van der Waals surface area contributed by atoms with Gasteiger partial charge in [-0.1, -0.05) is 30.3 Å². The van der Waals surface area contributed by atoms with Crippen LogP contribution in [-0.2, 0) is 36.8 Å². The summed E-state index contributed by atoms with van der Waals surface area (Å²) in [6, 6.07) is 7.59. The molecule has 230 valence electrons. The van der Waals surface area contributed by atoms with Crippen molar-refractivity contribution in [3.05, 3.63) is 65.9 Å². The normalized spacial score (nSPS) is 14.6. The number of carbonyl (C=O) groups excluding carboxylic acids is 4. The Morgan fingerprint density at radius 1 is 0.884 bits per heavy atom. The molecule has 0 spiro atoms. The molecule has 5 atom stereocenters. The molecule has 0 saturated carbocycles. The summed E-state index contributed by atoms with van der Waals surface area (Å²) in [7, 11) is 0. The average molecular weight is 597 g/mol. The van der Waals surface area contributed by atoms with Crippen molar-refractivity contribution in [2.75, 3.05) is 0 Å². The smallest absolute Gasteiger partial charge is 0.326 e. The topological polar surface area (TPSA) is 250 Å². The van der Waals surface area contributed by atoms with Crippen LogP contribution in [0.5, 0.6) is 5.75 Å². The van der Waals surface area contributed by atoms with Crippen LogP contribution >= 0.6 is 0 Å². The molecule has 0 saturated heterocycles. The predicted molar refractivity (Wildman–Crippen MR) is 155 cm³/mol. The summed E-state index contributed by atoms with van der Waals surface area (Å²) >= 11 is 0. The van der Waals surface area contributed by atoms with E-state index in [0.29, 0.717) is 11.1 Å². The van der Waals surface area contributed by atoms with Gasteiger partial charge in [-0.3, -0.25) is 19.2 Å². The number of phenols is 1. The summed E-state index contributed by atoms with van der Waals surface area (Å²) in [6.07, 6.45) is -0.147. The molecular formula is C29H36N6O8. The monoisotopic (exact) mass is 596 g/mol. The minimum absolute atomic E-state index is 0.0142. The summed E-state index contributed by atoms with van der Waals surface area (Å²) in [5.74, 6) is -4.56. The van der Waals surface area contributed by atoms with Gasteiger partial charge >= 0.3 is 5.97 Å². The largest absolute Gasteiger partial charge is 0.508 e. The first-order valence-corrected chi connectivity index (χ1v) is 13.5. The van der Waals surface area contributed by atoms with Gasteiger partial charge in [-0.2, -0.15) is 0 Å². The van der Waals surface area contributed by atoms with Crippen LogP contribution in [0.1, 0.15) is 30.9 Å². The molecule has 14 nitrogen and oxygen atoms in total. The predicted octanol–water partition coefficient (Wildman–Crippen LogP) is -0.829. The third-order valence-corrected chi connectivity index (χ3v) is 6.82. The number of aromatic nitrogens is 1. The first-order valence-electron chi connectivity index (χ1n) is 13.5. The maximum Gasteiger partial charge on any atom is 0.326 e. The molecule has 0 bridgehead atoms. The molecular weight excluding hydrogens is 560 g/mol. The number of hydrogen-bond donors (Lipinski definition) is 9. The quantitative estimate of drug-likeness (QED) is 0.106. The van der Waals surface area contributed by atoms with Gasteiger partial charge in [0, 0.05) is 36.4 Å². The molecule has 0 fully saturated rings. The number of carboxylic acid groups (broad SMARTS) is 1. The number of nitrogens with one attached hydrogen (secondary N) is 4. The Morgan fingerprint density at radius 2 is 1.53 bits per heavy atom. The van der Waals surface area contributed by atoms with Gasteiger partial charge in [0.15, 0.2) is 0 Å². The number of amides is 4. The highest BCUT2D eigenvalue weighted by atomic mass is 16.4. The molecule has 5 unspecified atom stereocenters. The second-order valence-corrected chi connectivity index (χ2v) is 10.2. The minimum Gasteiger partial charge on any atom is -0.508 e. The zero-order valence-electron chi connectivity index (χ0n) is 23.4. The third kappa shape index (κ3) is 9.28. The highest BCUT2D eigenvalue weighted by Gasteiger charge is 2.33. The maximum absolute atomic E-state index is 13.5. The number of hydrogen-bond acceptors (Lipinski definition) is 8. The van der Waals surface area contributed by atoms with E-state index in [4.69, 9.17) is 11.5 Å².